The van der Waals surface area contributed by atoms with Crippen LogP contribution in [0.25, 0.3) is 0 Å². The summed E-state index contributed by atoms with van der Waals surface area (Å²) < 4.78 is 0. The summed E-state index contributed by atoms with van der Waals surface area (Å²) in [6, 6.07) is 14.5. The summed E-state index contributed by atoms with van der Waals surface area (Å²) in [6.45, 7) is 1.95. The second kappa shape index (κ2) is 5.40. The van der Waals surface area contributed by atoms with Crippen molar-refractivity contribution in [1.82, 2.24) is 0 Å². The topological polar surface area (TPSA) is 52.9 Å². The van der Waals surface area contributed by atoms with E-state index in [1.54, 1.807) is 18.2 Å². The van der Waals surface area contributed by atoms with Crippen molar-refractivity contribution in [2.24, 2.45) is 5.10 Å². The molecule has 0 bridgehead atoms. The zero-order valence-corrected chi connectivity index (χ0v) is 11.7. The van der Waals surface area contributed by atoms with Crippen molar-refractivity contribution in [3.63, 3.8) is 0 Å². The molecule has 0 amide bonds. The predicted molar refractivity (Wildman–Crippen MR) is 82.9 cm³/mol. The van der Waals surface area contributed by atoms with E-state index in [2.05, 4.69) is 5.10 Å². The highest BCUT2D eigenvalue weighted by Crippen LogP contribution is 2.39. The number of nitrogens with zero attached hydrogens (tertiary/aromatic N) is 2. The van der Waals surface area contributed by atoms with Gasteiger partial charge in [-0.2, -0.15) is 5.10 Å². The highest BCUT2D eigenvalue weighted by molar-refractivity contribution is 5.90. The van der Waals surface area contributed by atoms with Crippen molar-refractivity contribution in [3.8, 4) is 5.75 Å². The smallest absolute Gasteiger partial charge is 0.152 e. The van der Waals surface area contributed by atoms with Gasteiger partial charge in [0, 0.05) is 23.3 Å². The lowest BCUT2D eigenvalue weighted by molar-refractivity contribution is 0.112. The molecule has 0 saturated carbocycles. The number of para-hydroxylation sites is 2. The van der Waals surface area contributed by atoms with Gasteiger partial charge >= 0.3 is 0 Å². The average molecular weight is 280 g/mol. The molecule has 0 fully saturated rings. The first-order valence-corrected chi connectivity index (χ1v) is 6.86. The van der Waals surface area contributed by atoms with Crippen LogP contribution in [0.5, 0.6) is 5.75 Å². The largest absolute Gasteiger partial charge is 0.508 e. The van der Waals surface area contributed by atoms with E-state index in [-0.39, 0.29) is 11.8 Å². The van der Waals surface area contributed by atoms with E-state index < -0.39 is 0 Å². The van der Waals surface area contributed by atoms with E-state index >= 15 is 0 Å². The number of carbonyl (C=O) groups is 1. The number of aromatic hydroxyl groups is 1. The number of anilines is 1. The number of phenols is 1. The van der Waals surface area contributed by atoms with E-state index in [0.717, 1.165) is 29.7 Å². The third-order valence-corrected chi connectivity index (χ3v) is 3.67. The lowest BCUT2D eigenvalue weighted by atomic mass is 10.0. The minimum Gasteiger partial charge on any atom is -0.508 e. The van der Waals surface area contributed by atoms with Crippen LogP contribution in [0.15, 0.2) is 53.6 Å². The molecular formula is C17H16N2O2. The summed E-state index contributed by atoms with van der Waals surface area (Å²) in [7, 11) is 0. The number of hydrogen-bond acceptors (Lipinski definition) is 4. The van der Waals surface area contributed by atoms with E-state index in [9.17, 15) is 9.90 Å². The molecule has 1 atom stereocenters. The number of aldehydes is 1. The highest BCUT2D eigenvalue weighted by atomic mass is 16.3. The second-order valence-corrected chi connectivity index (χ2v) is 5.14. The van der Waals surface area contributed by atoms with E-state index in [4.69, 9.17) is 0 Å². The van der Waals surface area contributed by atoms with E-state index in [1.807, 2.05) is 42.3 Å². The number of benzene rings is 2. The molecular weight excluding hydrogens is 264 g/mol. The molecule has 21 heavy (non-hydrogen) atoms. The van der Waals surface area contributed by atoms with Crippen molar-refractivity contribution in [3.05, 3.63) is 59.7 Å². The van der Waals surface area contributed by atoms with Gasteiger partial charge in [-0.15, -0.1) is 0 Å². The summed E-state index contributed by atoms with van der Waals surface area (Å²) in [5.41, 5.74) is 3.15. The van der Waals surface area contributed by atoms with Gasteiger partial charge < -0.3 is 5.11 Å². The van der Waals surface area contributed by atoms with Crippen molar-refractivity contribution in [2.75, 3.05) is 5.01 Å². The van der Waals surface area contributed by atoms with Crippen LogP contribution >= 0.6 is 0 Å². The molecule has 3 rings (SSSR count). The van der Waals surface area contributed by atoms with Gasteiger partial charge in [-0.3, -0.25) is 9.80 Å². The van der Waals surface area contributed by atoms with Crippen LogP contribution in [0.3, 0.4) is 0 Å². The van der Waals surface area contributed by atoms with Crippen LogP contribution in [-0.4, -0.2) is 17.1 Å². The Morgan fingerprint density at radius 3 is 2.67 bits per heavy atom. The fraction of sp³-hybridized carbons (Fsp3) is 0.176. The molecule has 2 aromatic rings. The monoisotopic (exact) mass is 280 g/mol. The lowest BCUT2D eigenvalue weighted by Gasteiger charge is -2.25. The Balaban J connectivity index is 2.07. The maximum Gasteiger partial charge on any atom is 0.152 e. The number of rotatable bonds is 3. The minimum absolute atomic E-state index is 0.0905. The predicted octanol–water partition coefficient (Wildman–Crippen LogP) is 3.53. The molecule has 1 N–H and O–H groups in total. The molecule has 0 aromatic heterocycles. The van der Waals surface area contributed by atoms with Gasteiger partial charge in [0.2, 0.25) is 0 Å². The van der Waals surface area contributed by atoms with Crippen molar-refractivity contribution in [1.29, 1.82) is 0 Å². The first-order chi connectivity index (χ1) is 10.2. The van der Waals surface area contributed by atoms with Crippen molar-refractivity contribution in [2.45, 2.75) is 19.4 Å². The third kappa shape index (κ3) is 2.40. The van der Waals surface area contributed by atoms with Crippen LogP contribution in [0.1, 0.15) is 35.3 Å². The number of phenolic OH excluding ortho intramolecular Hbond substituents is 1. The van der Waals surface area contributed by atoms with Gasteiger partial charge in [-0.25, -0.2) is 0 Å². The SMILES string of the molecule is CC1=NN(c2ccccc2C=O)C(c2ccccc2O)C1. The summed E-state index contributed by atoms with van der Waals surface area (Å²) in [5, 5.41) is 16.5. The van der Waals surface area contributed by atoms with Crippen LogP contribution < -0.4 is 5.01 Å². The summed E-state index contributed by atoms with van der Waals surface area (Å²) in [5.74, 6) is 0.251. The normalized spacial score (nSPS) is 17.7. The van der Waals surface area contributed by atoms with Gasteiger partial charge in [0.05, 0.1) is 11.7 Å². The summed E-state index contributed by atoms with van der Waals surface area (Å²) in [4.78, 5) is 11.3. The standard InChI is InChI=1S/C17H16N2O2/c1-12-10-16(14-7-3-5-9-17(14)21)19(18-12)15-8-4-2-6-13(15)11-20/h2-9,11,16,21H,10H2,1H3. The molecule has 0 spiro atoms. The van der Waals surface area contributed by atoms with Crippen LogP contribution in [0, 0.1) is 0 Å². The molecule has 0 saturated heterocycles. The Morgan fingerprint density at radius 2 is 1.90 bits per heavy atom. The number of hydrogen-bond donors (Lipinski definition) is 1. The number of hydrazone groups is 1. The van der Waals surface area contributed by atoms with Crippen molar-refractivity contribution >= 4 is 17.7 Å². The maximum atomic E-state index is 11.3. The van der Waals surface area contributed by atoms with E-state index in [1.165, 1.54) is 0 Å². The third-order valence-electron chi connectivity index (χ3n) is 3.67. The van der Waals surface area contributed by atoms with Crippen molar-refractivity contribution < 1.29 is 9.90 Å². The zero-order chi connectivity index (χ0) is 14.8. The molecule has 1 aliphatic heterocycles. The first-order valence-electron chi connectivity index (χ1n) is 6.86. The molecule has 106 valence electrons. The Bertz CT molecular complexity index is 709. The van der Waals surface area contributed by atoms with Crippen LogP contribution in [-0.2, 0) is 0 Å². The van der Waals surface area contributed by atoms with Gasteiger partial charge in [-0.05, 0) is 25.1 Å². The second-order valence-electron chi connectivity index (χ2n) is 5.14. The maximum absolute atomic E-state index is 11.3. The minimum atomic E-state index is -0.0905. The van der Waals surface area contributed by atoms with E-state index in [0.29, 0.717) is 5.56 Å². The van der Waals surface area contributed by atoms with Gasteiger partial charge in [-0.1, -0.05) is 30.3 Å². The van der Waals surface area contributed by atoms with Crippen LogP contribution in [0.2, 0.25) is 0 Å². The van der Waals surface area contributed by atoms with Gasteiger partial charge in [0.1, 0.15) is 5.75 Å². The Morgan fingerprint density at radius 1 is 1.19 bits per heavy atom. The molecule has 1 heterocycles. The molecule has 1 aliphatic rings. The quantitative estimate of drug-likeness (QED) is 0.875. The molecule has 4 nitrogen and oxygen atoms in total. The molecule has 0 radical (unpaired) electrons. The average Bonchev–Trinajstić information content (AvgIpc) is 2.89. The van der Waals surface area contributed by atoms with Gasteiger partial charge in [0.15, 0.2) is 6.29 Å². The summed E-state index contributed by atoms with van der Waals surface area (Å²) >= 11 is 0. The molecule has 4 heteroatoms. The molecule has 1 unspecified atom stereocenters. The Labute approximate surface area is 123 Å². The number of carbonyl (C=O) groups excluding carboxylic acids is 1. The Hall–Kier alpha value is -2.62. The zero-order valence-electron chi connectivity index (χ0n) is 11.7. The lowest BCUT2D eigenvalue weighted by Crippen LogP contribution is -2.19. The Kier molecular flexibility index (Phi) is 3.44. The molecule has 2 aromatic carbocycles. The summed E-state index contributed by atoms with van der Waals surface area (Å²) in [6.07, 6.45) is 1.56. The first kappa shape index (κ1) is 13.4. The van der Waals surface area contributed by atoms with Gasteiger partial charge in [0.25, 0.3) is 0 Å². The molecule has 0 aliphatic carbocycles. The highest BCUT2D eigenvalue weighted by Gasteiger charge is 2.30. The fourth-order valence-electron chi connectivity index (χ4n) is 2.69. The fourth-order valence-corrected chi connectivity index (χ4v) is 2.69. The van der Waals surface area contributed by atoms with Crippen LogP contribution in [0.4, 0.5) is 5.69 Å².